The Morgan fingerprint density at radius 3 is 2.57 bits per heavy atom. The van der Waals surface area contributed by atoms with E-state index in [-0.39, 0.29) is 18.4 Å². The maximum absolute atomic E-state index is 6.02. The first-order chi connectivity index (χ1) is 6.15. The molecule has 0 aromatic carbocycles. The van der Waals surface area contributed by atoms with Gasteiger partial charge in [-0.15, -0.1) is 12.4 Å². The summed E-state index contributed by atoms with van der Waals surface area (Å²) in [5.74, 6) is 0.480. The zero-order valence-electron chi connectivity index (χ0n) is 8.40. The molecule has 14 heavy (non-hydrogen) atoms. The monoisotopic (exact) mass is 278 g/mol. The molecule has 1 rings (SSSR count). The lowest BCUT2D eigenvalue weighted by Gasteiger charge is -2.17. The van der Waals surface area contributed by atoms with Crippen LogP contribution in [0.1, 0.15) is 32.0 Å². The van der Waals surface area contributed by atoms with E-state index >= 15 is 0 Å². The van der Waals surface area contributed by atoms with Crippen LogP contribution >= 0.6 is 28.3 Å². The van der Waals surface area contributed by atoms with Crippen LogP contribution in [0.4, 0.5) is 0 Å². The fourth-order valence-corrected chi connectivity index (χ4v) is 1.36. The van der Waals surface area contributed by atoms with Crippen molar-refractivity contribution in [3.8, 4) is 0 Å². The molecule has 0 bridgehead atoms. The molecule has 0 fully saturated rings. The summed E-state index contributed by atoms with van der Waals surface area (Å²) in [6.07, 6.45) is 2.87. The summed E-state index contributed by atoms with van der Waals surface area (Å²) in [7, 11) is 0. The molecule has 1 aromatic heterocycles. The minimum Gasteiger partial charge on any atom is -0.322 e. The first kappa shape index (κ1) is 13.9. The van der Waals surface area contributed by atoms with Gasteiger partial charge in [0.1, 0.15) is 0 Å². The predicted octanol–water partition coefficient (Wildman–Crippen LogP) is 3.31. The molecule has 0 spiro atoms. The molecule has 2 nitrogen and oxygen atoms in total. The van der Waals surface area contributed by atoms with Crippen molar-refractivity contribution in [2.45, 2.75) is 26.3 Å². The third-order valence-electron chi connectivity index (χ3n) is 2.35. The van der Waals surface area contributed by atoms with Gasteiger partial charge in [-0.2, -0.15) is 0 Å². The molecule has 1 unspecified atom stereocenters. The second-order valence-corrected chi connectivity index (χ2v) is 4.23. The van der Waals surface area contributed by atoms with E-state index in [0.29, 0.717) is 5.92 Å². The molecule has 0 saturated carbocycles. The fourth-order valence-electron chi connectivity index (χ4n) is 1.13. The number of hydrogen-bond donors (Lipinski definition) is 1. The zero-order chi connectivity index (χ0) is 9.84. The highest BCUT2D eigenvalue weighted by atomic mass is 79.9. The van der Waals surface area contributed by atoms with Crippen molar-refractivity contribution in [1.82, 2.24) is 4.98 Å². The first-order valence-corrected chi connectivity index (χ1v) is 5.31. The van der Waals surface area contributed by atoms with Crippen LogP contribution < -0.4 is 5.73 Å². The highest BCUT2D eigenvalue weighted by Crippen LogP contribution is 2.20. The van der Waals surface area contributed by atoms with Crippen LogP contribution in [0, 0.1) is 5.92 Å². The molecule has 0 aliphatic rings. The molecular weight excluding hydrogens is 263 g/mol. The normalized spacial score (nSPS) is 14.3. The van der Waals surface area contributed by atoms with E-state index in [0.717, 1.165) is 16.6 Å². The highest BCUT2D eigenvalue weighted by molar-refractivity contribution is 9.10. The van der Waals surface area contributed by atoms with Gasteiger partial charge in [0.2, 0.25) is 0 Å². The van der Waals surface area contributed by atoms with Crippen LogP contribution in [0.5, 0.6) is 0 Å². The molecule has 0 saturated heterocycles. The summed E-state index contributed by atoms with van der Waals surface area (Å²) in [4.78, 5) is 4.28. The van der Waals surface area contributed by atoms with Gasteiger partial charge in [-0.25, -0.2) is 0 Å². The number of aromatic nitrogens is 1. The molecule has 1 aromatic rings. The molecule has 0 radical (unpaired) electrons. The molecule has 0 aliphatic carbocycles. The van der Waals surface area contributed by atoms with Crippen molar-refractivity contribution in [1.29, 1.82) is 0 Å². The lowest BCUT2D eigenvalue weighted by molar-refractivity contribution is 0.448. The Bertz CT molecular complexity index is 263. The summed E-state index contributed by atoms with van der Waals surface area (Å²) in [6.45, 7) is 4.29. The number of nitrogens with two attached hydrogens (primary N) is 1. The summed E-state index contributed by atoms with van der Waals surface area (Å²) < 4.78 is 0.993. The second-order valence-electron chi connectivity index (χ2n) is 3.31. The summed E-state index contributed by atoms with van der Waals surface area (Å²) in [6, 6.07) is 4.00. The lowest BCUT2D eigenvalue weighted by Crippen LogP contribution is -2.19. The van der Waals surface area contributed by atoms with Crippen molar-refractivity contribution >= 4 is 28.3 Å². The van der Waals surface area contributed by atoms with E-state index in [4.69, 9.17) is 5.73 Å². The van der Waals surface area contributed by atoms with Crippen molar-refractivity contribution in [2.75, 3.05) is 0 Å². The van der Waals surface area contributed by atoms with Gasteiger partial charge in [0.15, 0.2) is 0 Å². The Morgan fingerprint density at radius 1 is 1.50 bits per heavy atom. The first-order valence-electron chi connectivity index (χ1n) is 4.52. The number of halogens is 2. The van der Waals surface area contributed by atoms with E-state index in [1.54, 1.807) is 6.20 Å². The van der Waals surface area contributed by atoms with Crippen LogP contribution in [0.25, 0.3) is 0 Å². The Hall–Kier alpha value is -0.120. The van der Waals surface area contributed by atoms with Gasteiger partial charge in [-0.05, 0) is 34.0 Å². The molecule has 0 amide bonds. The number of nitrogens with zero attached hydrogens (tertiary/aromatic N) is 1. The second kappa shape index (κ2) is 6.38. The Kier molecular flexibility index (Phi) is 6.33. The van der Waals surface area contributed by atoms with Gasteiger partial charge in [0.25, 0.3) is 0 Å². The Labute approximate surface area is 99.8 Å². The molecular formula is C10H16BrClN2. The van der Waals surface area contributed by atoms with Gasteiger partial charge >= 0.3 is 0 Å². The summed E-state index contributed by atoms with van der Waals surface area (Å²) >= 11 is 3.35. The van der Waals surface area contributed by atoms with Crippen molar-refractivity contribution in [3.05, 3.63) is 28.5 Å². The average molecular weight is 280 g/mol. The maximum atomic E-state index is 6.02. The van der Waals surface area contributed by atoms with E-state index in [1.165, 1.54) is 0 Å². The van der Waals surface area contributed by atoms with Crippen LogP contribution in [0.3, 0.4) is 0 Å². The van der Waals surface area contributed by atoms with E-state index in [2.05, 4.69) is 34.8 Å². The third-order valence-corrected chi connectivity index (χ3v) is 2.82. The molecule has 1 heterocycles. The maximum Gasteiger partial charge on any atom is 0.0574 e. The van der Waals surface area contributed by atoms with Crippen molar-refractivity contribution < 1.29 is 0 Å². The van der Waals surface area contributed by atoms with Gasteiger partial charge in [-0.1, -0.05) is 20.3 Å². The molecule has 80 valence electrons. The van der Waals surface area contributed by atoms with E-state index < -0.39 is 0 Å². The summed E-state index contributed by atoms with van der Waals surface area (Å²) in [5, 5.41) is 0. The molecule has 2 N–H and O–H groups in total. The van der Waals surface area contributed by atoms with Crippen LogP contribution in [0.2, 0.25) is 0 Å². The quantitative estimate of drug-likeness (QED) is 0.922. The SMILES string of the molecule is CCC(C)[C@H](N)c1ccc(Br)cn1.Cl. The lowest BCUT2D eigenvalue weighted by atomic mass is 9.97. The Morgan fingerprint density at radius 2 is 2.14 bits per heavy atom. The minimum absolute atomic E-state index is 0. The van der Waals surface area contributed by atoms with Gasteiger partial charge in [0.05, 0.1) is 5.69 Å². The standard InChI is InChI=1S/C10H15BrN2.ClH/c1-3-7(2)10(12)9-5-4-8(11)6-13-9;/h4-7,10H,3,12H2,1-2H3;1H/t7?,10-;/m0./s1. The zero-order valence-corrected chi connectivity index (χ0v) is 10.8. The topological polar surface area (TPSA) is 38.9 Å². The third kappa shape index (κ3) is 3.56. The van der Waals surface area contributed by atoms with E-state index in [9.17, 15) is 0 Å². The van der Waals surface area contributed by atoms with Gasteiger partial charge < -0.3 is 5.73 Å². The van der Waals surface area contributed by atoms with Crippen LogP contribution in [-0.4, -0.2) is 4.98 Å². The summed E-state index contributed by atoms with van der Waals surface area (Å²) in [5.41, 5.74) is 6.99. The highest BCUT2D eigenvalue weighted by Gasteiger charge is 2.13. The van der Waals surface area contributed by atoms with Crippen molar-refractivity contribution in [3.63, 3.8) is 0 Å². The van der Waals surface area contributed by atoms with Crippen LogP contribution in [0.15, 0.2) is 22.8 Å². The smallest absolute Gasteiger partial charge is 0.0574 e. The molecule has 2 atom stereocenters. The van der Waals surface area contributed by atoms with E-state index in [1.807, 2.05) is 12.1 Å². The predicted molar refractivity (Wildman–Crippen MR) is 65.6 cm³/mol. The number of rotatable bonds is 3. The minimum atomic E-state index is 0. The molecule has 4 heteroatoms. The average Bonchev–Trinajstić information content (AvgIpc) is 2.17. The fraction of sp³-hybridized carbons (Fsp3) is 0.500. The van der Waals surface area contributed by atoms with Gasteiger partial charge in [0, 0.05) is 16.7 Å². The number of hydrogen-bond acceptors (Lipinski definition) is 2. The largest absolute Gasteiger partial charge is 0.322 e. The Balaban J connectivity index is 0.00000169. The van der Waals surface area contributed by atoms with Gasteiger partial charge in [-0.3, -0.25) is 4.98 Å². The molecule has 0 aliphatic heterocycles. The number of pyridine rings is 1. The van der Waals surface area contributed by atoms with Crippen LogP contribution in [-0.2, 0) is 0 Å². The van der Waals surface area contributed by atoms with Crippen molar-refractivity contribution in [2.24, 2.45) is 11.7 Å².